The fourth-order valence-corrected chi connectivity index (χ4v) is 4.71. The molecule has 3 aliphatic heterocycles. The molecule has 15 N–H and O–H groups in total. The fourth-order valence-electron chi connectivity index (χ4n) is 4.71. The maximum Gasteiger partial charge on any atom is 0.344 e. The van der Waals surface area contributed by atoms with Gasteiger partial charge in [-0.1, -0.05) is 0 Å². The SMILES string of the molecule is N[C@H]1[C@H](OC2[C@@H](CO)O[C@@H](OC3[C@@H](CO)O[C@@H](O)[C@H](N)[C@H]3OC(C(=O)O)C(=O)O)[C@H](N)[C@H]2O)O[C@H](CO)[C@@H](O)[C@@H]1O. The van der Waals surface area contributed by atoms with Crippen molar-refractivity contribution in [2.45, 2.75) is 98.0 Å². The highest BCUT2D eigenvalue weighted by atomic mass is 16.7. The van der Waals surface area contributed by atoms with Crippen LogP contribution in [0, 0.1) is 0 Å². The minimum Gasteiger partial charge on any atom is -0.479 e. The van der Waals surface area contributed by atoms with Crippen molar-refractivity contribution in [3.63, 3.8) is 0 Å². The Kier molecular flexibility index (Phi) is 11.7. The Labute approximate surface area is 231 Å². The molecule has 0 saturated carbocycles. The summed E-state index contributed by atoms with van der Waals surface area (Å²) in [6, 6.07) is -4.48. The largest absolute Gasteiger partial charge is 0.479 e. The van der Waals surface area contributed by atoms with Gasteiger partial charge in [0.05, 0.1) is 37.9 Å². The summed E-state index contributed by atoms with van der Waals surface area (Å²) in [5, 5.41) is 88.9. The Morgan fingerprint density at radius 3 is 1.61 bits per heavy atom. The summed E-state index contributed by atoms with van der Waals surface area (Å²) in [6.45, 7) is -2.41. The topological polar surface area (TPSA) is 350 Å². The van der Waals surface area contributed by atoms with E-state index >= 15 is 0 Å². The van der Waals surface area contributed by atoms with E-state index in [0.29, 0.717) is 0 Å². The number of rotatable bonds is 11. The second kappa shape index (κ2) is 14.2. The first kappa shape index (κ1) is 33.8. The number of carbonyl (C=O) groups is 2. The maximum atomic E-state index is 11.4. The van der Waals surface area contributed by atoms with Gasteiger partial charge in [0.2, 0.25) is 0 Å². The Morgan fingerprint density at radius 1 is 0.634 bits per heavy atom. The molecule has 0 aliphatic carbocycles. The summed E-state index contributed by atoms with van der Waals surface area (Å²) in [5.41, 5.74) is 17.8. The minimum absolute atomic E-state index is 0.715. The van der Waals surface area contributed by atoms with Crippen LogP contribution in [0.3, 0.4) is 0 Å². The molecule has 0 spiro atoms. The van der Waals surface area contributed by atoms with Gasteiger partial charge in [-0.3, -0.25) is 0 Å². The van der Waals surface area contributed by atoms with E-state index in [1.54, 1.807) is 0 Å². The van der Waals surface area contributed by atoms with Crippen LogP contribution >= 0.6 is 0 Å². The number of nitrogens with two attached hydrogens (primary N) is 3. The summed E-state index contributed by atoms with van der Waals surface area (Å²) in [5.74, 6) is -3.81. The van der Waals surface area contributed by atoms with Crippen LogP contribution in [0.5, 0.6) is 0 Å². The van der Waals surface area contributed by atoms with Crippen LogP contribution in [-0.2, 0) is 38.0 Å². The fraction of sp³-hybridized carbons (Fsp3) is 0.905. The summed E-state index contributed by atoms with van der Waals surface area (Å²) in [4.78, 5) is 22.8. The molecule has 0 aromatic carbocycles. The van der Waals surface area contributed by atoms with Gasteiger partial charge in [0.15, 0.2) is 18.9 Å². The Bertz CT molecular complexity index is 870. The van der Waals surface area contributed by atoms with E-state index in [4.69, 9.17) is 45.6 Å². The molecular formula is C21H37N3O17. The normalized spacial score (nSPS) is 45.5. The van der Waals surface area contributed by atoms with Gasteiger partial charge in [0, 0.05) is 0 Å². The van der Waals surface area contributed by atoms with E-state index in [0.717, 1.165) is 0 Å². The third kappa shape index (κ3) is 7.10. The zero-order valence-electron chi connectivity index (χ0n) is 21.4. The molecule has 3 aliphatic rings. The predicted octanol–water partition coefficient (Wildman–Crippen LogP) is -8.11. The van der Waals surface area contributed by atoms with E-state index in [1.807, 2.05) is 0 Å². The molecule has 20 nitrogen and oxygen atoms in total. The lowest BCUT2D eigenvalue weighted by Crippen LogP contribution is -2.70. The van der Waals surface area contributed by atoms with Crippen molar-refractivity contribution in [3.05, 3.63) is 0 Å². The number of carboxylic acids is 2. The van der Waals surface area contributed by atoms with Crippen molar-refractivity contribution < 1.29 is 84.0 Å². The predicted molar refractivity (Wildman–Crippen MR) is 125 cm³/mol. The van der Waals surface area contributed by atoms with Crippen molar-refractivity contribution in [1.82, 2.24) is 0 Å². The second-order valence-corrected chi connectivity index (χ2v) is 9.76. The smallest absolute Gasteiger partial charge is 0.344 e. The Balaban J connectivity index is 1.81. The van der Waals surface area contributed by atoms with Gasteiger partial charge in [-0.2, -0.15) is 0 Å². The second-order valence-electron chi connectivity index (χ2n) is 9.76. The molecular weight excluding hydrogens is 566 g/mol. The standard InChI is InChI=1S/C21H37N3O17/c22-7-11(29)10(28)4(1-25)37-20(7)40-13-5(2-26)38-21(8(23)12(13)30)41-14-6(3-27)36-19(35)9(24)15(14)39-16(17(31)32)18(33)34/h4-16,19-21,25-30,35H,1-3,22-24H2,(H,31,32)(H,33,34)/t4-,5-,6-,7-,8-,9-,10-,11-,12-,13?,14?,15-,19-,20+,21+/m1/s1. The number of carboxylic acid groups (broad SMARTS) is 2. The van der Waals surface area contributed by atoms with Gasteiger partial charge in [-0.15, -0.1) is 0 Å². The van der Waals surface area contributed by atoms with Crippen LogP contribution in [0.1, 0.15) is 0 Å². The van der Waals surface area contributed by atoms with Gasteiger partial charge in [0.1, 0.15) is 54.9 Å². The lowest BCUT2D eigenvalue weighted by atomic mass is 9.94. The van der Waals surface area contributed by atoms with E-state index < -0.39 is 130 Å². The highest BCUT2D eigenvalue weighted by Gasteiger charge is 2.53. The summed E-state index contributed by atoms with van der Waals surface area (Å²) in [6.07, 6.45) is -21.4. The van der Waals surface area contributed by atoms with Gasteiger partial charge < -0.3 is 91.6 Å². The molecule has 20 heteroatoms. The maximum absolute atomic E-state index is 11.4. The zero-order valence-corrected chi connectivity index (χ0v) is 21.4. The van der Waals surface area contributed by atoms with E-state index in [2.05, 4.69) is 0 Å². The highest BCUT2D eigenvalue weighted by molar-refractivity contribution is 5.96. The first-order chi connectivity index (χ1) is 19.3. The Hall–Kier alpha value is -1.70. The number of aliphatic hydroxyl groups excluding tert-OH is 7. The lowest BCUT2D eigenvalue weighted by Gasteiger charge is -2.49. The summed E-state index contributed by atoms with van der Waals surface area (Å²) in [7, 11) is 0. The van der Waals surface area contributed by atoms with Gasteiger partial charge in [-0.05, 0) is 0 Å². The van der Waals surface area contributed by atoms with Gasteiger partial charge in [-0.25, -0.2) is 9.59 Å². The molecule has 0 aromatic rings. The van der Waals surface area contributed by atoms with Crippen LogP contribution < -0.4 is 17.2 Å². The first-order valence-electron chi connectivity index (χ1n) is 12.5. The molecule has 238 valence electrons. The molecule has 0 amide bonds. The molecule has 3 saturated heterocycles. The molecule has 41 heavy (non-hydrogen) atoms. The molecule has 15 atom stereocenters. The third-order valence-electron chi connectivity index (χ3n) is 7.05. The average Bonchev–Trinajstić information content (AvgIpc) is 2.93. The molecule has 2 unspecified atom stereocenters. The third-order valence-corrected chi connectivity index (χ3v) is 7.05. The van der Waals surface area contributed by atoms with Gasteiger partial charge in [0.25, 0.3) is 6.10 Å². The van der Waals surface area contributed by atoms with Crippen LogP contribution in [0.25, 0.3) is 0 Å². The van der Waals surface area contributed by atoms with E-state index in [1.165, 1.54) is 0 Å². The van der Waals surface area contributed by atoms with Crippen LogP contribution in [0.2, 0.25) is 0 Å². The number of aliphatic hydroxyl groups is 7. The van der Waals surface area contributed by atoms with Crippen molar-refractivity contribution in [3.8, 4) is 0 Å². The van der Waals surface area contributed by atoms with Crippen molar-refractivity contribution >= 4 is 11.9 Å². The van der Waals surface area contributed by atoms with Gasteiger partial charge >= 0.3 is 11.9 Å². The van der Waals surface area contributed by atoms with Crippen molar-refractivity contribution in [2.75, 3.05) is 19.8 Å². The minimum atomic E-state index is -2.47. The molecule has 0 bridgehead atoms. The van der Waals surface area contributed by atoms with E-state index in [-0.39, 0.29) is 0 Å². The number of aliphatic carboxylic acids is 2. The first-order valence-corrected chi connectivity index (χ1v) is 12.5. The zero-order chi connectivity index (χ0) is 30.8. The Morgan fingerprint density at radius 2 is 1.10 bits per heavy atom. The highest BCUT2D eigenvalue weighted by Crippen LogP contribution is 2.32. The number of ether oxygens (including phenoxy) is 6. The molecule has 3 heterocycles. The molecule has 3 rings (SSSR count). The summed E-state index contributed by atoms with van der Waals surface area (Å²) < 4.78 is 32.7. The van der Waals surface area contributed by atoms with Crippen molar-refractivity contribution in [1.29, 1.82) is 0 Å². The molecule has 0 aromatic heterocycles. The number of hydrogen-bond donors (Lipinski definition) is 12. The average molecular weight is 604 g/mol. The quantitative estimate of drug-likeness (QED) is 0.0975. The monoisotopic (exact) mass is 603 g/mol. The van der Waals surface area contributed by atoms with E-state index in [9.17, 15) is 55.5 Å². The lowest BCUT2D eigenvalue weighted by molar-refractivity contribution is -0.350. The van der Waals surface area contributed by atoms with Crippen LogP contribution in [-0.4, -0.2) is 176 Å². The van der Waals surface area contributed by atoms with Crippen LogP contribution in [0.15, 0.2) is 0 Å². The molecule has 0 radical (unpaired) electrons. The molecule has 3 fully saturated rings. The number of hydrogen-bond acceptors (Lipinski definition) is 18. The van der Waals surface area contributed by atoms with Crippen LogP contribution in [0.4, 0.5) is 0 Å². The van der Waals surface area contributed by atoms with Crippen molar-refractivity contribution in [2.24, 2.45) is 17.2 Å². The summed E-state index contributed by atoms with van der Waals surface area (Å²) >= 11 is 0.